The van der Waals surface area contributed by atoms with Crippen LogP contribution < -0.4 is 10.2 Å². The molecule has 0 saturated carbocycles. The van der Waals surface area contributed by atoms with Crippen molar-refractivity contribution in [3.05, 3.63) is 29.8 Å². The summed E-state index contributed by atoms with van der Waals surface area (Å²) in [5, 5.41) is 20.5. The number of nitrogens with one attached hydrogen (secondary N) is 1. The van der Waals surface area contributed by atoms with Crippen LogP contribution in [0.3, 0.4) is 0 Å². The molecule has 25 heavy (non-hydrogen) atoms. The fourth-order valence-electron chi connectivity index (χ4n) is 2.82. The molecular formula is C16H21NO8. The second-order valence-corrected chi connectivity index (χ2v) is 5.83. The Kier molecular flexibility index (Phi) is 5.52. The molecule has 1 aromatic carbocycles. The lowest BCUT2D eigenvalue weighted by molar-refractivity contribution is -0.343. The Morgan fingerprint density at radius 2 is 1.96 bits per heavy atom. The fraction of sp³-hybridized carbons (Fsp3) is 0.562. The number of carbonyl (C=O) groups excluding carboxylic acids is 1. The summed E-state index contributed by atoms with van der Waals surface area (Å²) in [6.45, 7) is 1.33. The smallest absolute Gasteiger partial charge is 0.321 e. The van der Waals surface area contributed by atoms with E-state index in [0.717, 1.165) is 5.56 Å². The van der Waals surface area contributed by atoms with Crippen molar-refractivity contribution < 1.29 is 38.8 Å². The van der Waals surface area contributed by atoms with Gasteiger partial charge in [-0.3, -0.25) is 4.79 Å². The number of fused-ring (bicyclic) bond motifs is 1. The predicted molar refractivity (Wildman–Crippen MR) is 82.1 cm³/mol. The lowest BCUT2D eigenvalue weighted by Gasteiger charge is -2.46. The third-order valence-electron chi connectivity index (χ3n) is 4.11. The van der Waals surface area contributed by atoms with Crippen LogP contribution in [0, 0.1) is 0 Å². The average Bonchev–Trinajstić information content (AvgIpc) is 2.61. The van der Waals surface area contributed by atoms with Gasteiger partial charge in [-0.1, -0.05) is 12.1 Å². The van der Waals surface area contributed by atoms with Crippen LogP contribution in [0.25, 0.3) is 0 Å². The summed E-state index contributed by atoms with van der Waals surface area (Å²) in [4.78, 5) is 15.6. The number of aliphatic hydroxyl groups is 2. The number of carbonyl (C=O) groups is 1. The maximum Gasteiger partial charge on any atom is 0.321 e. The van der Waals surface area contributed by atoms with Gasteiger partial charge in [0.25, 0.3) is 0 Å². The Morgan fingerprint density at radius 1 is 1.24 bits per heavy atom. The van der Waals surface area contributed by atoms with Gasteiger partial charge in [0.2, 0.25) is 0 Å². The number of benzene rings is 1. The molecule has 0 unspecified atom stereocenters. The molecule has 6 atom stereocenters. The van der Waals surface area contributed by atoms with Crippen LogP contribution in [-0.4, -0.2) is 60.5 Å². The SMILES string of the molecule is COc1ccc([C@@H]2OC[C@@H]3O[C@H](O)[C@H](NOC(C)=O)[C@@H](O)[C@@H]3O2)cc1. The Hall–Kier alpha value is -1.75. The summed E-state index contributed by atoms with van der Waals surface area (Å²) in [5.41, 5.74) is 3.06. The molecule has 3 rings (SSSR count). The molecular weight excluding hydrogens is 334 g/mol. The van der Waals surface area contributed by atoms with Crippen molar-refractivity contribution in [2.45, 2.75) is 43.9 Å². The summed E-state index contributed by atoms with van der Waals surface area (Å²) in [7, 11) is 1.57. The van der Waals surface area contributed by atoms with Crippen molar-refractivity contribution in [1.29, 1.82) is 0 Å². The van der Waals surface area contributed by atoms with Gasteiger partial charge in [-0.05, 0) is 12.1 Å². The normalized spacial score (nSPS) is 34.9. The van der Waals surface area contributed by atoms with E-state index in [1.165, 1.54) is 6.92 Å². The third kappa shape index (κ3) is 3.92. The minimum absolute atomic E-state index is 0.135. The highest BCUT2D eigenvalue weighted by Crippen LogP contribution is 2.34. The number of hydrogen-bond donors (Lipinski definition) is 3. The van der Waals surface area contributed by atoms with Crippen LogP contribution in [0.15, 0.2) is 24.3 Å². The van der Waals surface area contributed by atoms with Gasteiger partial charge >= 0.3 is 5.97 Å². The minimum Gasteiger partial charge on any atom is -0.497 e. The van der Waals surface area contributed by atoms with E-state index in [1.54, 1.807) is 31.4 Å². The highest BCUT2D eigenvalue weighted by Gasteiger charge is 2.49. The average molecular weight is 355 g/mol. The molecule has 0 aliphatic carbocycles. The van der Waals surface area contributed by atoms with Crippen LogP contribution in [-0.2, 0) is 23.8 Å². The Labute approximate surface area is 144 Å². The molecule has 1 aromatic rings. The first-order valence-electron chi connectivity index (χ1n) is 7.85. The lowest BCUT2D eigenvalue weighted by Crippen LogP contribution is -2.65. The molecule has 2 aliphatic rings. The summed E-state index contributed by atoms with van der Waals surface area (Å²) < 4.78 is 21.9. The van der Waals surface area contributed by atoms with Crippen LogP contribution in [0.1, 0.15) is 18.8 Å². The van der Waals surface area contributed by atoms with E-state index >= 15 is 0 Å². The quantitative estimate of drug-likeness (QED) is 0.622. The van der Waals surface area contributed by atoms with Gasteiger partial charge in [0, 0.05) is 12.5 Å². The number of hydrogen-bond acceptors (Lipinski definition) is 9. The van der Waals surface area contributed by atoms with Crippen LogP contribution >= 0.6 is 0 Å². The lowest BCUT2D eigenvalue weighted by atomic mass is 9.96. The van der Waals surface area contributed by atoms with E-state index in [1.807, 2.05) is 0 Å². The minimum atomic E-state index is -1.37. The van der Waals surface area contributed by atoms with Crippen molar-refractivity contribution in [2.24, 2.45) is 0 Å². The third-order valence-corrected chi connectivity index (χ3v) is 4.11. The molecule has 9 heteroatoms. The van der Waals surface area contributed by atoms with Crippen LogP contribution in [0.4, 0.5) is 0 Å². The van der Waals surface area contributed by atoms with Gasteiger partial charge in [0.1, 0.15) is 30.1 Å². The largest absolute Gasteiger partial charge is 0.497 e. The van der Waals surface area contributed by atoms with E-state index in [9.17, 15) is 15.0 Å². The van der Waals surface area contributed by atoms with E-state index < -0.39 is 42.9 Å². The monoisotopic (exact) mass is 355 g/mol. The number of rotatable bonds is 4. The van der Waals surface area contributed by atoms with Crippen molar-refractivity contribution in [2.75, 3.05) is 13.7 Å². The summed E-state index contributed by atoms with van der Waals surface area (Å²) in [6, 6.07) is 6.10. The topological polar surface area (TPSA) is 116 Å². The summed E-state index contributed by atoms with van der Waals surface area (Å²) >= 11 is 0. The Morgan fingerprint density at radius 3 is 2.60 bits per heavy atom. The molecule has 0 bridgehead atoms. The summed E-state index contributed by atoms with van der Waals surface area (Å²) in [6.07, 6.45) is -4.65. The Balaban J connectivity index is 1.69. The van der Waals surface area contributed by atoms with Crippen molar-refractivity contribution in [1.82, 2.24) is 5.48 Å². The molecule has 2 heterocycles. The maximum absolute atomic E-state index is 10.9. The first-order chi connectivity index (χ1) is 12.0. The van der Waals surface area contributed by atoms with Crippen LogP contribution in [0.2, 0.25) is 0 Å². The summed E-state index contributed by atoms with van der Waals surface area (Å²) in [5.74, 6) is 0.0952. The standard InChI is InChI=1S/C16H21NO8/c1-8(18)25-17-12-13(19)14-11(23-15(12)20)7-22-16(24-14)9-3-5-10(21-2)6-4-9/h3-6,11-17,19-20H,7H2,1-2H3/t11-,12+,13+,14+,15-,16+/m0/s1. The molecule has 0 aromatic heterocycles. The van der Waals surface area contributed by atoms with Gasteiger partial charge in [-0.15, -0.1) is 5.48 Å². The fourth-order valence-corrected chi connectivity index (χ4v) is 2.82. The molecule has 3 N–H and O–H groups in total. The van der Waals surface area contributed by atoms with E-state index in [0.29, 0.717) is 5.75 Å². The molecule has 2 saturated heterocycles. The van der Waals surface area contributed by atoms with Gasteiger partial charge in [0.15, 0.2) is 12.6 Å². The van der Waals surface area contributed by atoms with E-state index in [4.69, 9.17) is 18.9 Å². The zero-order chi connectivity index (χ0) is 18.0. The van der Waals surface area contributed by atoms with Crippen molar-refractivity contribution in [3.63, 3.8) is 0 Å². The predicted octanol–water partition coefficient (Wildman–Crippen LogP) is -0.376. The van der Waals surface area contributed by atoms with Crippen LogP contribution in [0.5, 0.6) is 5.75 Å². The number of hydroxylamine groups is 1. The first-order valence-corrected chi connectivity index (χ1v) is 7.85. The number of ether oxygens (including phenoxy) is 4. The highest BCUT2D eigenvalue weighted by molar-refractivity contribution is 5.65. The number of aliphatic hydroxyl groups excluding tert-OH is 2. The molecule has 9 nitrogen and oxygen atoms in total. The maximum atomic E-state index is 10.9. The van der Waals surface area contributed by atoms with Crippen molar-refractivity contribution in [3.8, 4) is 5.75 Å². The van der Waals surface area contributed by atoms with Gasteiger partial charge in [0.05, 0.1) is 13.7 Å². The Bertz CT molecular complexity index is 594. The zero-order valence-electron chi connectivity index (χ0n) is 13.8. The van der Waals surface area contributed by atoms with E-state index in [2.05, 4.69) is 10.3 Å². The zero-order valence-corrected chi connectivity index (χ0v) is 13.8. The van der Waals surface area contributed by atoms with E-state index in [-0.39, 0.29) is 6.61 Å². The molecule has 0 radical (unpaired) electrons. The van der Waals surface area contributed by atoms with Gasteiger partial charge in [-0.2, -0.15) is 0 Å². The first kappa shape index (κ1) is 18.1. The number of methoxy groups -OCH3 is 1. The highest BCUT2D eigenvalue weighted by atomic mass is 16.7. The molecule has 0 spiro atoms. The molecule has 138 valence electrons. The molecule has 2 aliphatic heterocycles. The van der Waals surface area contributed by atoms with Gasteiger partial charge < -0.3 is 34.0 Å². The van der Waals surface area contributed by atoms with Crippen molar-refractivity contribution >= 4 is 5.97 Å². The van der Waals surface area contributed by atoms with Gasteiger partial charge in [-0.25, -0.2) is 0 Å². The molecule has 0 amide bonds. The second-order valence-electron chi connectivity index (χ2n) is 5.83. The second kappa shape index (κ2) is 7.65. The molecule has 2 fully saturated rings.